The van der Waals surface area contributed by atoms with E-state index in [1.807, 2.05) is 0 Å². The summed E-state index contributed by atoms with van der Waals surface area (Å²) in [4.78, 5) is 24.1. The predicted molar refractivity (Wildman–Crippen MR) is 73.7 cm³/mol. The van der Waals surface area contributed by atoms with Gasteiger partial charge in [0.25, 0.3) is 0 Å². The van der Waals surface area contributed by atoms with Crippen LogP contribution in [0.4, 0.5) is 14.0 Å². The Morgan fingerprint density at radius 2 is 2.09 bits per heavy atom. The molecule has 1 atom stereocenters. The fourth-order valence-electron chi connectivity index (χ4n) is 2.39. The quantitative estimate of drug-likeness (QED) is 0.834. The number of carbonyl (C=O) groups excluding carboxylic acids is 1. The lowest BCUT2D eigenvalue weighted by atomic mass is 10.1. The molecule has 1 amide bonds. The maximum atomic E-state index is 13.3. The van der Waals surface area contributed by atoms with Crippen molar-refractivity contribution >= 4 is 39.4 Å². The minimum absolute atomic E-state index is 0.215. The van der Waals surface area contributed by atoms with Crippen molar-refractivity contribution in [1.29, 1.82) is 0 Å². The van der Waals surface area contributed by atoms with E-state index in [2.05, 4.69) is 0 Å². The molecule has 1 heterocycles. The van der Waals surface area contributed by atoms with Crippen LogP contribution in [0.25, 0.3) is 0 Å². The molecule has 1 unspecified atom stereocenters. The number of hydrogen-bond acceptors (Lipinski definition) is 4. The zero-order valence-corrected chi connectivity index (χ0v) is 12.5. The molecule has 22 heavy (non-hydrogen) atoms. The Hall–Kier alpha value is -1.74. The first-order valence-electron chi connectivity index (χ1n) is 6.03. The molecule has 1 saturated heterocycles. The van der Waals surface area contributed by atoms with Crippen LogP contribution in [0.1, 0.15) is 16.8 Å². The molecule has 0 bridgehead atoms. The molecular formula is C12H10ClF2NO5S. The van der Waals surface area contributed by atoms with Crippen LogP contribution < -0.4 is 4.90 Å². The van der Waals surface area contributed by atoms with Crippen molar-refractivity contribution in [3.8, 4) is 0 Å². The van der Waals surface area contributed by atoms with E-state index in [9.17, 15) is 26.3 Å². The first kappa shape index (κ1) is 16.6. The first-order valence-corrected chi connectivity index (χ1v) is 7.96. The number of aromatic carboxylic acids is 1. The molecular weight excluding hydrogens is 344 g/mol. The minimum atomic E-state index is -4.77. The Balaban J connectivity index is 2.40. The molecule has 1 aliphatic heterocycles. The van der Waals surface area contributed by atoms with Crippen molar-refractivity contribution in [3.63, 3.8) is 0 Å². The number of nitrogens with zero attached hydrogens (tertiary/aromatic N) is 1. The standard InChI is InChI=1S/C12H10ClF2NO5S/c13-9-3-7(14)2-8(12(18)19)11(9)16-4-6(1-10(16)17)5-22(15,20)21/h2-3,6H,1,4-5H2,(H,18,19). The summed E-state index contributed by atoms with van der Waals surface area (Å²) in [6.07, 6.45) is -0.268. The van der Waals surface area contributed by atoms with Crippen LogP contribution in [-0.2, 0) is 15.0 Å². The average Bonchev–Trinajstić information content (AvgIpc) is 2.66. The molecule has 1 aliphatic rings. The number of rotatable bonds is 4. The van der Waals surface area contributed by atoms with Gasteiger partial charge in [-0.2, -0.15) is 8.42 Å². The molecule has 2 rings (SSSR count). The zero-order valence-electron chi connectivity index (χ0n) is 10.9. The number of anilines is 1. The summed E-state index contributed by atoms with van der Waals surface area (Å²) in [5.74, 6) is -4.67. The third-order valence-electron chi connectivity index (χ3n) is 3.17. The lowest BCUT2D eigenvalue weighted by Crippen LogP contribution is -2.27. The fourth-order valence-corrected chi connectivity index (χ4v) is 3.49. The Bertz CT molecular complexity index is 752. The monoisotopic (exact) mass is 353 g/mol. The van der Waals surface area contributed by atoms with Gasteiger partial charge in [0.2, 0.25) is 5.91 Å². The molecule has 0 aromatic heterocycles. The Morgan fingerprint density at radius 3 is 2.64 bits per heavy atom. The smallest absolute Gasteiger partial charge is 0.337 e. The molecule has 1 aromatic carbocycles. The van der Waals surface area contributed by atoms with E-state index in [-0.39, 0.29) is 23.7 Å². The van der Waals surface area contributed by atoms with Gasteiger partial charge in [0.15, 0.2) is 0 Å². The van der Waals surface area contributed by atoms with Crippen molar-refractivity contribution in [2.75, 3.05) is 17.2 Å². The second kappa shape index (κ2) is 5.81. The highest BCUT2D eigenvalue weighted by Gasteiger charge is 2.36. The molecule has 0 spiro atoms. The van der Waals surface area contributed by atoms with E-state index in [4.69, 9.17) is 16.7 Å². The topological polar surface area (TPSA) is 91.8 Å². The number of carbonyl (C=O) groups is 2. The van der Waals surface area contributed by atoms with Crippen LogP contribution in [0.15, 0.2) is 12.1 Å². The van der Waals surface area contributed by atoms with E-state index in [0.717, 1.165) is 11.0 Å². The number of carboxylic acid groups (broad SMARTS) is 1. The molecule has 120 valence electrons. The van der Waals surface area contributed by atoms with E-state index >= 15 is 0 Å². The number of carboxylic acids is 1. The van der Waals surface area contributed by atoms with Crippen LogP contribution >= 0.6 is 11.6 Å². The van der Waals surface area contributed by atoms with E-state index in [1.54, 1.807) is 0 Å². The SMILES string of the molecule is O=C(O)c1cc(F)cc(Cl)c1N1CC(CS(=O)(=O)F)CC1=O. The van der Waals surface area contributed by atoms with Crippen LogP contribution in [0, 0.1) is 11.7 Å². The van der Waals surface area contributed by atoms with Gasteiger partial charge in [0.05, 0.1) is 22.0 Å². The van der Waals surface area contributed by atoms with Crippen molar-refractivity contribution in [2.24, 2.45) is 5.92 Å². The Labute approximate surface area is 129 Å². The van der Waals surface area contributed by atoms with Crippen molar-refractivity contribution in [2.45, 2.75) is 6.42 Å². The van der Waals surface area contributed by atoms with Gasteiger partial charge in [-0.15, -0.1) is 3.89 Å². The average molecular weight is 354 g/mol. The van der Waals surface area contributed by atoms with Crippen LogP contribution in [0.2, 0.25) is 5.02 Å². The van der Waals surface area contributed by atoms with Gasteiger partial charge in [-0.1, -0.05) is 11.6 Å². The molecule has 1 N–H and O–H groups in total. The van der Waals surface area contributed by atoms with E-state index < -0.39 is 45.2 Å². The summed E-state index contributed by atoms with van der Waals surface area (Å²) < 4.78 is 47.3. The molecule has 6 nitrogen and oxygen atoms in total. The van der Waals surface area contributed by atoms with Crippen molar-refractivity contribution in [1.82, 2.24) is 0 Å². The van der Waals surface area contributed by atoms with Crippen LogP contribution in [-0.4, -0.2) is 37.7 Å². The highest BCUT2D eigenvalue weighted by Crippen LogP contribution is 2.35. The highest BCUT2D eigenvalue weighted by atomic mass is 35.5. The normalized spacial score (nSPS) is 18.8. The lowest BCUT2D eigenvalue weighted by molar-refractivity contribution is -0.117. The summed E-state index contributed by atoms with van der Waals surface area (Å²) in [7, 11) is -4.77. The molecule has 1 aromatic rings. The summed E-state index contributed by atoms with van der Waals surface area (Å²) in [6.45, 7) is -0.215. The van der Waals surface area contributed by atoms with Crippen LogP contribution in [0.5, 0.6) is 0 Å². The summed E-state index contributed by atoms with van der Waals surface area (Å²) in [5.41, 5.74) is -0.749. The maximum absolute atomic E-state index is 13.3. The van der Waals surface area contributed by atoms with Gasteiger partial charge in [0.1, 0.15) is 5.82 Å². The third-order valence-corrected chi connectivity index (χ3v) is 4.33. The van der Waals surface area contributed by atoms with Gasteiger partial charge in [-0.25, -0.2) is 9.18 Å². The van der Waals surface area contributed by atoms with Gasteiger partial charge in [-0.3, -0.25) is 4.79 Å². The van der Waals surface area contributed by atoms with E-state index in [0.29, 0.717) is 6.07 Å². The number of hydrogen-bond donors (Lipinski definition) is 1. The highest BCUT2D eigenvalue weighted by molar-refractivity contribution is 7.86. The number of amides is 1. The number of halogens is 3. The molecule has 10 heteroatoms. The van der Waals surface area contributed by atoms with Gasteiger partial charge in [0, 0.05) is 18.9 Å². The van der Waals surface area contributed by atoms with Crippen molar-refractivity contribution < 1.29 is 31.4 Å². The second-order valence-corrected chi connectivity index (χ2v) is 6.69. The summed E-state index contributed by atoms with van der Waals surface area (Å²) in [6, 6.07) is 1.55. The minimum Gasteiger partial charge on any atom is -0.478 e. The van der Waals surface area contributed by atoms with Crippen molar-refractivity contribution in [3.05, 3.63) is 28.5 Å². The summed E-state index contributed by atoms with van der Waals surface area (Å²) in [5, 5.41) is 8.80. The molecule has 0 radical (unpaired) electrons. The Morgan fingerprint density at radius 1 is 1.45 bits per heavy atom. The fraction of sp³-hybridized carbons (Fsp3) is 0.333. The van der Waals surface area contributed by atoms with Crippen LogP contribution in [0.3, 0.4) is 0 Å². The zero-order chi connectivity index (χ0) is 16.7. The van der Waals surface area contributed by atoms with Gasteiger partial charge < -0.3 is 10.0 Å². The van der Waals surface area contributed by atoms with Gasteiger partial charge in [-0.05, 0) is 12.1 Å². The maximum Gasteiger partial charge on any atom is 0.337 e. The lowest BCUT2D eigenvalue weighted by Gasteiger charge is -2.20. The number of benzene rings is 1. The predicted octanol–water partition coefficient (Wildman–Crippen LogP) is 1.83. The van der Waals surface area contributed by atoms with E-state index in [1.165, 1.54) is 0 Å². The third kappa shape index (κ3) is 3.53. The second-order valence-electron chi connectivity index (χ2n) is 4.87. The first-order chi connectivity index (χ1) is 10.1. The van der Waals surface area contributed by atoms with Gasteiger partial charge >= 0.3 is 16.2 Å². The Kier molecular flexibility index (Phi) is 4.39. The molecule has 0 aliphatic carbocycles. The molecule has 1 fully saturated rings. The molecule has 0 saturated carbocycles. The summed E-state index contributed by atoms with van der Waals surface area (Å²) >= 11 is 5.82. The largest absolute Gasteiger partial charge is 0.478 e.